The van der Waals surface area contributed by atoms with Crippen LogP contribution >= 0.6 is 0 Å². The standard InChI is InChI=1S/C7H8O4/c1-7(6(9)10)4-5(8)2-3-11-7/h2-3H,4H2,1H3,(H,9,10). The first kappa shape index (κ1) is 7.78. The zero-order valence-electron chi connectivity index (χ0n) is 6.03. The number of carboxylic acid groups (broad SMARTS) is 1. The van der Waals surface area contributed by atoms with Gasteiger partial charge in [-0.2, -0.15) is 0 Å². The van der Waals surface area contributed by atoms with Crippen molar-refractivity contribution in [2.24, 2.45) is 0 Å². The molecule has 0 saturated heterocycles. The lowest BCUT2D eigenvalue weighted by atomic mass is 9.98. The summed E-state index contributed by atoms with van der Waals surface area (Å²) in [5.74, 6) is -1.34. The summed E-state index contributed by atoms with van der Waals surface area (Å²) >= 11 is 0. The third-order valence-corrected chi connectivity index (χ3v) is 1.55. The van der Waals surface area contributed by atoms with Gasteiger partial charge in [-0.05, 0) is 6.92 Å². The largest absolute Gasteiger partial charge is 0.483 e. The molecule has 4 nitrogen and oxygen atoms in total. The minimum atomic E-state index is -1.37. The van der Waals surface area contributed by atoms with Crippen LogP contribution in [0.1, 0.15) is 13.3 Å². The van der Waals surface area contributed by atoms with Crippen molar-refractivity contribution in [2.75, 3.05) is 0 Å². The van der Waals surface area contributed by atoms with E-state index in [-0.39, 0.29) is 12.2 Å². The van der Waals surface area contributed by atoms with Crippen molar-refractivity contribution in [1.29, 1.82) is 0 Å². The number of ketones is 1. The third-order valence-electron chi connectivity index (χ3n) is 1.55. The number of carboxylic acids is 1. The molecule has 1 aliphatic rings. The second kappa shape index (κ2) is 2.38. The van der Waals surface area contributed by atoms with Crippen LogP contribution in [0.15, 0.2) is 12.3 Å². The molecular formula is C7H8O4. The number of aliphatic carboxylic acids is 1. The SMILES string of the molecule is CC1(C(=O)O)CC(=O)C=CO1. The Kier molecular flexibility index (Phi) is 1.68. The highest BCUT2D eigenvalue weighted by Crippen LogP contribution is 2.20. The Morgan fingerprint density at radius 1 is 1.82 bits per heavy atom. The predicted octanol–water partition coefficient (Wildman–Crippen LogP) is 0.333. The molecular weight excluding hydrogens is 148 g/mol. The summed E-state index contributed by atoms with van der Waals surface area (Å²) in [6.07, 6.45) is 2.25. The highest BCUT2D eigenvalue weighted by atomic mass is 16.5. The molecule has 0 aliphatic carbocycles. The van der Waals surface area contributed by atoms with E-state index >= 15 is 0 Å². The number of carbonyl (C=O) groups excluding carboxylic acids is 1. The van der Waals surface area contributed by atoms with Gasteiger partial charge in [0.2, 0.25) is 5.60 Å². The predicted molar refractivity (Wildman–Crippen MR) is 35.9 cm³/mol. The fourth-order valence-electron chi connectivity index (χ4n) is 0.819. The molecule has 0 aromatic carbocycles. The first-order chi connectivity index (χ1) is 5.04. The second-order valence-corrected chi connectivity index (χ2v) is 2.60. The molecule has 0 saturated carbocycles. The van der Waals surface area contributed by atoms with Crippen LogP contribution in [0.3, 0.4) is 0 Å². The zero-order chi connectivity index (χ0) is 8.48. The van der Waals surface area contributed by atoms with Crippen LogP contribution in [0.2, 0.25) is 0 Å². The maximum absolute atomic E-state index is 10.8. The van der Waals surface area contributed by atoms with Crippen molar-refractivity contribution in [3.05, 3.63) is 12.3 Å². The Morgan fingerprint density at radius 3 is 2.82 bits per heavy atom. The molecule has 0 aromatic rings. The Bertz CT molecular complexity index is 231. The van der Waals surface area contributed by atoms with Gasteiger partial charge in [0.05, 0.1) is 12.7 Å². The summed E-state index contributed by atoms with van der Waals surface area (Å²) < 4.78 is 4.80. The van der Waals surface area contributed by atoms with Gasteiger partial charge in [0.1, 0.15) is 0 Å². The lowest BCUT2D eigenvalue weighted by molar-refractivity contribution is -0.160. The molecule has 1 rings (SSSR count). The number of hydrogen-bond acceptors (Lipinski definition) is 3. The van der Waals surface area contributed by atoms with Crippen LogP contribution in [0.4, 0.5) is 0 Å². The van der Waals surface area contributed by atoms with E-state index in [2.05, 4.69) is 0 Å². The molecule has 0 spiro atoms. The van der Waals surface area contributed by atoms with Crippen molar-refractivity contribution >= 4 is 11.8 Å². The zero-order valence-corrected chi connectivity index (χ0v) is 6.03. The number of rotatable bonds is 1. The number of carbonyl (C=O) groups is 2. The molecule has 0 fully saturated rings. The van der Waals surface area contributed by atoms with Gasteiger partial charge >= 0.3 is 5.97 Å². The van der Waals surface area contributed by atoms with E-state index in [9.17, 15) is 9.59 Å². The monoisotopic (exact) mass is 156 g/mol. The van der Waals surface area contributed by atoms with Gasteiger partial charge in [0, 0.05) is 6.08 Å². The van der Waals surface area contributed by atoms with Gasteiger partial charge in [-0.3, -0.25) is 4.79 Å². The topological polar surface area (TPSA) is 63.6 Å². The molecule has 1 heterocycles. The van der Waals surface area contributed by atoms with E-state index < -0.39 is 11.6 Å². The van der Waals surface area contributed by atoms with Crippen LogP contribution < -0.4 is 0 Å². The Balaban J connectivity index is 2.83. The van der Waals surface area contributed by atoms with Crippen molar-refractivity contribution < 1.29 is 19.4 Å². The fourth-order valence-corrected chi connectivity index (χ4v) is 0.819. The summed E-state index contributed by atoms with van der Waals surface area (Å²) in [6.45, 7) is 1.37. The summed E-state index contributed by atoms with van der Waals surface area (Å²) in [6, 6.07) is 0. The Labute approximate surface area is 63.5 Å². The molecule has 4 heteroatoms. The van der Waals surface area contributed by atoms with Crippen molar-refractivity contribution in [1.82, 2.24) is 0 Å². The Morgan fingerprint density at radius 2 is 2.45 bits per heavy atom. The first-order valence-electron chi connectivity index (χ1n) is 3.15. The average Bonchev–Trinajstić information content (AvgIpc) is 1.86. The van der Waals surface area contributed by atoms with E-state index in [1.165, 1.54) is 13.0 Å². The van der Waals surface area contributed by atoms with Crippen molar-refractivity contribution in [3.8, 4) is 0 Å². The van der Waals surface area contributed by atoms with Crippen LogP contribution in [0.5, 0.6) is 0 Å². The molecule has 60 valence electrons. The van der Waals surface area contributed by atoms with Gasteiger partial charge in [-0.15, -0.1) is 0 Å². The van der Waals surface area contributed by atoms with Crippen molar-refractivity contribution in [2.45, 2.75) is 18.9 Å². The smallest absolute Gasteiger partial charge is 0.348 e. The minimum Gasteiger partial charge on any atom is -0.483 e. The van der Waals surface area contributed by atoms with Crippen molar-refractivity contribution in [3.63, 3.8) is 0 Å². The van der Waals surface area contributed by atoms with Crippen LogP contribution in [-0.4, -0.2) is 22.5 Å². The Hall–Kier alpha value is -1.32. The van der Waals surface area contributed by atoms with Gasteiger partial charge in [-0.1, -0.05) is 0 Å². The van der Waals surface area contributed by atoms with E-state index in [1.54, 1.807) is 0 Å². The van der Waals surface area contributed by atoms with Gasteiger partial charge < -0.3 is 9.84 Å². The summed E-state index contributed by atoms with van der Waals surface area (Å²) in [5.41, 5.74) is -1.37. The van der Waals surface area contributed by atoms with Gasteiger partial charge in [0.25, 0.3) is 0 Å². The quantitative estimate of drug-likeness (QED) is 0.594. The molecule has 1 atom stereocenters. The summed E-state index contributed by atoms with van der Waals surface area (Å²) in [7, 11) is 0. The number of ether oxygens (including phenoxy) is 1. The lowest BCUT2D eigenvalue weighted by Crippen LogP contribution is -2.40. The normalized spacial score (nSPS) is 29.7. The number of hydrogen-bond donors (Lipinski definition) is 1. The molecule has 11 heavy (non-hydrogen) atoms. The van der Waals surface area contributed by atoms with E-state index in [0.717, 1.165) is 6.26 Å². The lowest BCUT2D eigenvalue weighted by Gasteiger charge is -2.25. The van der Waals surface area contributed by atoms with E-state index in [1.807, 2.05) is 0 Å². The molecule has 0 radical (unpaired) electrons. The molecule has 0 bridgehead atoms. The molecule has 1 N–H and O–H groups in total. The average molecular weight is 156 g/mol. The van der Waals surface area contributed by atoms with E-state index in [0.29, 0.717) is 0 Å². The first-order valence-corrected chi connectivity index (χ1v) is 3.15. The highest BCUT2D eigenvalue weighted by molar-refractivity contribution is 5.95. The summed E-state index contributed by atoms with van der Waals surface area (Å²) in [4.78, 5) is 21.3. The van der Waals surface area contributed by atoms with Crippen LogP contribution in [0.25, 0.3) is 0 Å². The maximum Gasteiger partial charge on any atom is 0.348 e. The van der Waals surface area contributed by atoms with Crippen LogP contribution in [0, 0.1) is 0 Å². The van der Waals surface area contributed by atoms with Gasteiger partial charge in [0.15, 0.2) is 5.78 Å². The van der Waals surface area contributed by atoms with Gasteiger partial charge in [-0.25, -0.2) is 4.79 Å². The highest BCUT2D eigenvalue weighted by Gasteiger charge is 2.38. The molecule has 1 unspecified atom stereocenters. The molecule has 0 amide bonds. The summed E-state index contributed by atoms with van der Waals surface area (Å²) in [5, 5.41) is 8.60. The molecule has 1 aliphatic heterocycles. The number of allylic oxidation sites excluding steroid dienone is 1. The fraction of sp³-hybridized carbons (Fsp3) is 0.429. The molecule has 0 aromatic heterocycles. The van der Waals surface area contributed by atoms with E-state index in [4.69, 9.17) is 9.84 Å². The third kappa shape index (κ3) is 1.39. The maximum atomic E-state index is 10.8. The minimum absolute atomic E-state index is 0.0984. The second-order valence-electron chi connectivity index (χ2n) is 2.60. The van der Waals surface area contributed by atoms with Crippen LogP contribution in [-0.2, 0) is 14.3 Å².